The van der Waals surface area contributed by atoms with Crippen LogP contribution < -0.4 is 5.32 Å². The zero-order chi connectivity index (χ0) is 17.9. The van der Waals surface area contributed by atoms with Crippen molar-refractivity contribution in [1.29, 1.82) is 0 Å². The Morgan fingerprint density at radius 3 is 2.76 bits per heavy atom. The molecule has 1 heterocycles. The number of rotatable bonds is 4. The number of urea groups is 1. The minimum Gasteiger partial charge on any atom is -0.396 e. The normalized spacial score (nSPS) is 20.9. The predicted molar refractivity (Wildman–Crippen MR) is 102 cm³/mol. The average Bonchev–Trinajstić information content (AvgIpc) is 2.61. The number of carbonyl (C=O) groups excluding carboxylic acids is 1. The molecule has 1 atom stereocenters. The lowest BCUT2D eigenvalue weighted by molar-refractivity contribution is 0.0294. The lowest BCUT2D eigenvalue weighted by atomic mass is 9.80. The van der Waals surface area contributed by atoms with Crippen LogP contribution in [0.25, 0.3) is 10.8 Å². The van der Waals surface area contributed by atoms with E-state index in [1.807, 2.05) is 61.5 Å². The van der Waals surface area contributed by atoms with Crippen LogP contribution in [0, 0.1) is 5.41 Å². The summed E-state index contributed by atoms with van der Waals surface area (Å²) in [6, 6.07) is 13.9. The molecule has 134 valence electrons. The first kappa shape index (κ1) is 17.7. The molecular weight excluding hydrogens is 314 g/mol. The van der Waals surface area contributed by atoms with Gasteiger partial charge in [-0.2, -0.15) is 0 Å². The quantitative estimate of drug-likeness (QED) is 0.899. The Bertz CT molecular complexity index is 741. The molecule has 0 radical (unpaired) electrons. The van der Waals surface area contributed by atoms with Gasteiger partial charge in [0, 0.05) is 30.4 Å². The molecule has 3 rings (SSSR count). The lowest BCUT2D eigenvalue weighted by Crippen LogP contribution is -2.52. The van der Waals surface area contributed by atoms with Gasteiger partial charge in [0.2, 0.25) is 0 Å². The number of likely N-dealkylation sites (tertiary alicyclic amines) is 1. The Hall–Kier alpha value is -2.11. The maximum absolute atomic E-state index is 12.8. The van der Waals surface area contributed by atoms with Crippen molar-refractivity contribution in [3.05, 3.63) is 42.5 Å². The fourth-order valence-corrected chi connectivity index (χ4v) is 3.89. The zero-order valence-electron chi connectivity index (χ0n) is 15.0. The van der Waals surface area contributed by atoms with Crippen LogP contribution in [0.3, 0.4) is 0 Å². The summed E-state index contributed by atoms with van der Waals surface area (Å²) in [5, 5.41) is 15.1. The fraction of sp³-hybridized carbons (Fsp3) is 0.450. The van der Waals surface area contributed by atoms with Gasteiger partial charge in [0.1, 0.15) is 0 Å². The Labute approximate surface area is 149 Å². The second kappa shape index (κ2) is 7.42. The second-order valence-electron chi connectivity index (χ2n) is 7.38. The molecule has 2 aromatic carbocycles. The van der Waals surface area contributed by atoms with Crippen molar-refractivity contribution in [3.8, 4) is 0 Å². The van der Waals surface area contributed by atoms with E-state index < -0.39 is 0 Å². The number of carbonyl (C=O) groups is 1. The van der Waals surface area contributed by atoms with Gasteiger partial charge in [-0.3, -0.25) is 0 Å². The van der Waals surface area contributed by atoms with Gasteiger partial charge >= 0.3 is 6.03 Å². The number of nitrogens with zero attached hydrogens (tertiary/aromatic N) is 2. The number of piperidine rings is 1. The number of hydrogen-bond acceptors (Lipinski definition) is 3. The molecule has 1 aliphatic rings. The van der Waals surface area contributed by atoms with Crippen LogP contribution >= 0.6 is 0 Å². The first-order chi connectivity index (χ1) is 12.0. The molecule has 0 saturated carbocycles. The summed E-state index contributed by atoms with van der Waals surface area (Å²) in [5.41, 5.74) is 0.591. The van der Waals surface area contributed by atoms with Gasteiger partial charge in [0.25, 0.3) is 0 Å². The summed E-state index contributed by atoms with van der Waals surface area (Å²) in [7, 11) is 4.01. The first-order valence-electron chi connectivity index (χ1n) is 8.82. The van der Waals surface area contributed by atoms with E-state index in [1.54, 1.807) is 0 Å². The molecule has 2 N–H and O–H groups in total. The largest absolute Gasteiger partial charge is 0.396 e. The van der Waals surface area contributed by atoms with Gasteiger partial charge in [-0.25, -0.2) is 4.79 Å². The molecular formula is C20H27N3O2. The molecule has 5 heteroatoms. The number of anilines is 1. The third kappa shape index (κ3) is 3.94. The number of aliphatic hydroxyl groups excluding tert-OH is 1. The number of nitrogens with one attached hydrogen (secondary N) is 1. The summed E-state index contributed by atoms with van der Waals surface area (Å²) in [6.07, 6.45) is 1.86. The number of fused-ring (bicyclic) bond motifs is 1. The van der Waals surface area contributed by atoms with E-state index in [-0.39, 0.29) is 18.1 Å². The van der Waals surface area contributed by atoms with E-state index in [0.717, 1.165) is 42.4 Å². The Kier molecular flexibility index (Phi) is 5.25. The van der Waals surface area contributed by atoms with Crippen molar-refractivity contribution in [2.24, 2.45) is 5.41 Å². The molecule has 1 fully saturated rings. The number of benzene rings is 2. The predicted octanol–water partition coefficient (Wildman–Crippen LogP) is 3.01. The molecule has 5 nitrogen and oxygen atoms in total. The fourth-order valence-electron chi connectivity index (χ4n) is 3.89. The topological polar surface area (TPSA) is 55.8 Å². The van der Waals surface area contributed by atoms with Crippen molar-refractivity contribution in [2.75, 3.05) is 45.7 Å². The van der Waals surface area contributed by atoms with Crippen LogP contribution in [-0.4, -0.2) is 61.3 Å². The number of hydrogen-bond donors (Lipinski definition) is 2. The highest BCUT2D eigenvalue weighted by molar-refractivity contribution is 6.01. The standard InChI is InChI=1S/C20H27N3O2/c1-22(2)13-20(15-24)11-6-12-23(14-20)19(25)21-18-10-5-8-16-7-3-4-9-17(16)18/h3-5,7-10,24H,6,11-15H2,1-2H3,(H,21,25). The molecule has 1 unspecified atom stereocenters. The van der Waals surface area contributed by atoms with Crippen LogP contribution in [0.15, 0.2) is 42.5 Å². The number of aliphatic hydroxyl groups is 1. The van der Waals surface area contributed by atoms with Crippen molar-refractivity contribution in [3.63, 3.8) is 0 Å². The molecule has 1 saturated heterocycles. The van der Waals surface area contributed by atoms with E-state index in [0.29, 0.717) is 6.54 Å². The van der Waals surface area contributed by atoms with Gasteiger partial charge < -0.3 is 20.2 Å². The summed E-state index contributed by atoms with van der Waals surface area (Å²) in [6.45, 7) is 2.19. The maximum atomic E-state index is 12.8. The minimum absolute atomic E-state index is 0.0902. The van der Waals surface area contributed by atoms with Crippen molar-refractivity contribution in [2.45, 2.75) is 12.8 Å². The molecule has 0 aromatic heterocycles. The smallest absolute Gasteiger partial charge is 0.321 e. The molecule has 0 aliphatic carbocycles. The Morgan fingerprint density at radius 2 is 2.00 bits per heavy atom. The highest BCUT2D eigenvalue weighted by Gasteiger charge is 2.37. The van der Waals surface area contributed by atoms with E-state index in [2.05, 4.69) is 10.2 Å². The van der Waals surface area contributed by atoms with Gasteiger partial charge in [-0.1, -0.05) is 36.4 Å². The molecule has 25 heavy (non-hydrogen) atoms. The van der Waals surface area contributed by atoms with E-state index in [4.69, 9.17) is 0 Å². The monoisotopic (exact) mass is 341 g/mol. The molecule has 2 aromatic rings. The number of amides is 2. The van der Waals surface area contributed by atoms with Crippen molar-refractivity contribution in [1.82, 2.24) is 9.80 Å². The molecule has 2 amide bonds. The van der Waals surface area contributed by atoms with Gasteiger partial charge in [-0.05, 0) is 38.4 Å². The van der Waals surface area contributed by atoms with Crippen LogP contribution in [0.4, 0.5) is 10.5 Å². The molecule has 1 aliphatic heterocycles. The van der Waals surface area contributed by atoms with E-state index in [1.165, 1.54) is 0 Å². The highest BCUT2D eigenvalue weighted by Crippen LogP contribution is 2.31. The Morgan fingerprint density at radius 1 is 1.24 bits per heavy atom. The second-order valence-corrected chi connectivity index (χ2v) is 7.38. The lowest BCUT2D eigenvalue weighted by Gasteiger charge is -2.43. The van der Waals surface area contributed by atoms with Crippen molar-refractivity contribution >= 4 is 22.5 Å². The third-order valence-corrected chi connectivity index (χ3v) is 4.97. The van der Waals surface area contributed by atoms with Crippen molar-refractivity contribution < 1.29 is 9.90 Å². The van der Waals surface area contributed by atoms with Crippen LogP contribution in [-0.2, 0) is 0 Å². The van der Waals surface area contributed by atoms with Crippen LogP contribution in [0.5, 0.6) is 0 Å². The average molecular weight is 341 g/mol. The molecule has 0 spiro atoms. The summed E-state index contributed by atoms with van der Waals surface area (Å²) >= 11 is 0. The van der Waals surface area contributed by atoms with E-state index in [9.17, 15) is 9.90 Å². The van der Waals surface area contributed by atoms with Gasteiger partial charge in [0.05, 0.1) is 12.3 Å². The van der Waals surface area contributed by atoms with Gasteiger partial charge in [0.15, 0.2) is 0 Å². The maximum Gasteiger partial charge on any atom is 0.321 e. The zero-order valence-corrected chi connectivity index (χ0v) is 15.0. The highest BCUT2D eigenvalue weighted by atomic mass is 16.3. The van der Waals surface area contributed by atoms with Gasteiger partial charge in [-0.15, -0.1) is 0 Å². The van der Waals surface area contributed by atoms with E-state index >= 15 is 0 Å². The SMILES string of the molecule is CN(C)CC1(CO)CCCN(C(=O)Nc2cccc3ccccc23)C1. The Balaban J connectivity index is 1.76. The van der Waals surface area contributed by atoms with Crippen LogP contribution in [0.1, 0.15) is 12.8 Å². The third-order valence-electron chi connectivity index (χ3n) is 4.97. The summed E-state index contributed by atoms with van der Waals surface area (Å²) in [5.74, 6) is 0. The summed E-state index contributed by atoms with van der Waals surface area (Å²) in [4.78, 5) is 16.7. The van der Waals surface area contributed by atoms with Crippen LogP contribution in [0.2, 0.25) is 0 Å². The first-order valence-corrected chi connectivity index (χ1v) is 8.82. The molecule has 0 bridgehead atoms. The summed E-state index contributed by atoms with van der Waals surface area (Å²) < 4.78 is 0. The minimum atomic E-state index is -0.238.